The molecule has 3 unspecified atom stereocenters. The van der Waals surface area contributed by atoms with Crippen LogP contribution in [0.5, 0.6) is 0 Å². The molecule has 17 heavy (non-hydrogen) atoms. The number of likely N-dealkylation sites (tertiary alicyclic amines) is 1. The fourth-order valence-electron chi connectivity index (χ4n) is 3.44. The molecule has 3 atom stereocenters. The largest absolute Gasteiger partial charge is 0.377 e. The first kappa shape index (κ1) is 13.3. The van der Waals surface area contributed by atoms with Gasteiger partial charge in [-0.15, -0.1) is 0 Å². The van der Waals surface area contributed by atoms with Crippen molar-refractivity contribution in [3.63, 3.8) is 0 Å². The number of rotatable bonds is 4. The Morgan fingerprint density at radius 2 is 2.18 bits per heavy atom. The molecule has 1 aliphatic heterocycles. The van der Waals surface area contributed by atoms with E-state index in [1.807, 2.05) is 7.11 Å². The summed E-state index contributed by atoms with van der Waals surface area (Å²) in [6.45, 7) is 5.77. The Morgan fingerprint density at radius 1 is 1.35 bits per heavy atom. The van der Waals surface area contributed by atoms with Gasteiger partial charge < -0.3 is 15.4 Å². The van der Waals surface area contributed by atoms with Crippen molar-refractivity contribution in [3.05, 3.63) is 0 Å². The predicted molar refractivity (Wildman–Crippen MR) is 71.0 cm³/mol. The maximum absolute atomic E-state index is 6.13. The van der Waals surface area contributed by atoms with Crippen LogP contribution < -0.4 is 5.73 Å². The molecule has 1 saturated carbocycles. The van der Waals surface area contributed by atoms with Crippen LogP contribution in [0.4, 0.5) is 0 Å². The van der Waals surface area contributed by atoms with Crippen LogP contribution in [0.15, 0.2) is 0 Å². The standard InChI is InChI=1S/C14H28N2O/c1-14(17-2)8-4-9-16(11-14)10-7-12-5-3-6-13(12)15/h12-13H,3-11,15H2,1-2H3. The van der Waals surface area contributed by atoms with E-state index in [-0.39, 0.29) is 5.60 Å². The first-order valence-corrected chi connectivity index (χ1v) is 7.16. The van der Waals surface area contributed by atoms with Gasteiger partial charge in [-0.2, -0.15) is 0 Å². The SMILES string of the molecule is COC1(C)CCCN(CCC2CCCC2N)C1. The van der Waals surface area contributed by atoms with Crippen LogP contribution >= 0.6 is 0 Å². The number of methoxy groups -OCH3 is 1. The van der Waals surface area contributed by atoms with Crippen LogP contribution in [0.2, 0.25) is 0 Å². The molecule has 1 aliphatic carbocycles. The summed E-state index contributed by atoms with van der Waals surface area (Å²) in [6.07, 6.45) is 7.66. The Morgan fingerprint density at radius 3 is 2.82 bits per heavy atom. The van der Waals surface area contributed by atoms with Crippen LogP contribution in [0, 0.1) is 5.92 Å². The average Bonchev–Trinajstić information content (AvgIpc) is 2.73. The number of hydrogen-bond donors (Lipinski definition) is 1. The van der Waals surface area contributed by atoms with E-state index in [0.717, 1.165) is 12.5 Å². The van der Waals surface area contributed by atoms with E-state index in [1.54, 1.807) is 0 Å². The minimum Gasteiger partial charge on any atom is -0.377 e. The molecule has 0 radical (unpaired) electrons. The molecule has 0 aromatic heterocycles. The molecular weight excluding hydrogens is 212 g/mol. The zero-order valence-electron chi connectivity index (χ0n) is 11.5. The van der Waals surface area contributed by atoms with E-state index in [1.165, 1.54) is 51.6 Å². The second-order valence-corrected chi connectivity index (χ2v) is 6.18. The van der Waals surface area contributed by atoms with Gasteiger partial charge in [0.15, 0.2) is 0 Å². The molecule has 3 nitrogen and oxygen atoms in total. The second kappa shape index (κ2) is 5.68. The van der Waals surface area contributed by atoms with E-state index in [4.69, 9.17) is 10.5 Å². The molecule has 0 bridgehead atoms. The van der Waals surface area contributed by atoms with Crippen molar-refractivity contribution in [2.24, 2.45) is 11.7 Å². The Kier molecular flexibility index (Phi) is 4.45. The third-order valence-corrected chi connectivity index (χ3v) is 4.76. The number of nitrogens with two attached hydrogens (primary N) is 1. The fourth-order valence-corrected chi connectivity index (χ4v) is 3.44. The maximum Gasteiger partial charge on any atom is 0.0777 e. The smallest absolute Gasteiger partial charge is 0.0777 e. The lowest BCUT2D eigenvalue weighted by Crippen LogP contribution is -2.48. The van der Waals surface area contributed by atoms with Crippen molar-refractivity contribution in [1.29, 1.82) is 0 Å². The van der Waals surface area contributed by atoms with Gasteiger partial charge in [0.2, 0.25) is 0 Å². The minimum atomic E-state index is 0.0794. The summed E-state index contributed by atoms with van der Waals surface area (Å²) in [4.78, 5) is 2.57. The summed E-state index contributed by atoms with van der Waals surface area (Å²) in [5, 5.41) is 0. The van der Waals surface area contributed by atoms with Gasteiger partial charge in [0.1, 0.15) is 0 Å². The Bertz CT molecular complexity index is 246. The third-order valence-electron chi connectivity index (χ3n) is 4.76. The molecule has 0 aromatic carbocycles. The van der Waals surface area contributed by atoms with Gasteiger partial charge in [0.25, 0.3) is 0 Å². The molecule has 0 amide bonds. The fraction of sp³-hybridized carbons (Fsp3) is 1.00. The first-order chi connectivity index (χ1) is 8.13. The van der Waals surface area contributed by atoms with Crippen molar-refractivity contribution in [1.82, 2.24) is 4.90 Å². The molecule has 1 saturated heterocycles. The number of hydrogen-bond acceptors (Lipinski definition) is 3. The summed E-state index contributed by atoms with van der Waals surface area (Å²) >= 11 is 0. The molecule has 2 aliphatic rings. The molecular formula is C14H28N2O. The van der Waals surface area contributed by atoms with Crippen LogP contribution in [0.3, 0.4) is 0 Å². The van der Waals surface area contributed by atoms with Crippen molar-refractivity contribution in [3.8, 4) is 0 Å². The third kappa shape index (κ3) is 3.43. The van der Waals surface area contributed by atoms with Crippen LogP contribution in [-0.4, -0.2) is 43.3 Å². The molecule has 2 rings (SSSR count). The summed E-state index contributed by atoms with van der Waals surface area (Å²) in [5.74, 6) is 0.769. The summed E-state index contributed by atoms with van der Waals surface area (Å²) < 4.78 is 5.64. The van der Waals surface area contributed by atoms with Gasteiger partial charge in [0.05, 0.1) is 5.60 Å². The van der Waals surface area contributed by atoms with Gasteiger partial charge in [-0.3, -0.25) is 0 Å². The van der Waals surface area contributed by atoms with E-state index in [9.17, 15) is 0 Å². The number of ether oxygens (including phenoxy) is 1. The quantitative estimate of drug-likeness (QED) is 0.817. The zero-order valence-corrected chi connectivity index (χ0v) is 11.5. The van der Waals surface area contributed by atoms with Gasteiger partial charge in [-0.05, 0) is 58.0 Å². The molecule has 2 fully saturated rings. The lowest BCUT2D eigenvalue weighted by Gasteiger charge is -2.40. The average molecular weight is 240 g/mol. The van der Waals surface area contributed by atoms with E-state index >= 15 is 0 Å². The van der Waals surface area contributed by atoms with Crippen LogP contribution in [-0.2, 0) is 4.74 Å². The molecule has 0 spiro atoms. The van der Waals surface area contributed by atoms with Gasteiger partial charge in [-0.25, -0.2) is 0 Å². The van der Waals surface area contributed by atoms with Crippen LogP contribution in [0.25, 0.3) is 0 Å². The predicted octanol–water partition coefficient (Wildman–Crippen LogP) is 2.00. The second-order valence-electron chi connectivity index (χ2n) is 6.18. The van der Waals surface area contributed by atoms with Crippen molar-refractivity contribution in [2.45, 2.75) is 57.1 Å². The number of nitrogens with zero attached hydrogens (tertiary/aromatic N) is 1. The van der Waals surface area contributed by atoms with Crippen molar-refractivity contribution < 1.29 is 4.74 Å². The topological polar surface area (TPSA) is 38.5 Å². The van der Waals surface area contributed by atoms with Crippen molar-refractivity contribution >= 4 is 0 Å². The lowest BCUT2D eigenvalue weighted by atomic mass is 9.93. The normalized spacial score (nSPS) is 39.7. The Hall–Kier alpha value is -0.120. The van der Waals surface area contributed by atoms with Crippen LogP contribution in [0.1, 0.15) is 45.4 Å². The van der Waals surface area contributed by atoms with E-state index in [0.29, 0.717) is 6.04 Å². The highest BCUT2D eigenvalue weighted by Gasteiger charge is 2.31. The van der Waals surface area contributed by atoms with E-state index in [2.05, 4.69) is 11.8 Å². The Balaban J connectivity index is 1.75. The first-order valence-electron chi connectivity index (χ1n) is 7.16. The summed E-state index contributed by atoms with van der Waals surface area (Å²) in [5.41, 5.74) is 6.21. The number of piperidine rings is 1. The molecule has 3 heteroatoms. The van der Waals surface area contributed by atoms with Crippen molar-refractivity contribution in [2.75, 3.05) is 26.7 Å². The highest BCUT2D eigenvalue weighted by Crippen LogP contribution is 2.29. The van der Waals surface area contributed by atoms with E-state index < -0.39 is 0 Å². The summed E-state index contributed by atoms with van der Waals surface area (Å²) in [6, 6.07) is 0.466. The molecule has 0 aromatic rings. The zero-order chi connectivity index (χ0) is 12.3. The summed E-state index contributed by atoms with van der Waals surface area (Å²) in [7, 11) is 1.84. The molecule has 2 N–H and O–H groups in total. The Labute approximate surface area is 106 Å². The van der Waals surface area contributed by atoms with Gasteiger partial charge in [0, 0.05) is 19.7 Å². The van der Waals surface area contributed by atoms with Gasteiger partial charge in [-0.1, -0.05) is 6.42 Å². The molecule has 100 valence electrons. The lowest BCUT2D eigenvalue weighted by molar-refractivity contribution is -0.0515. The highest BCUT2D eigenvalue weighted by atomic mass is 16.5. The van der Waals surface area contributed by atoms with Gasteiger partial charge >= 0.3 is 0 Å². The highest BCUT2D eigenvalue weighted by molar-refractivity contribution is 4.86. The monoisotopic (exact) mass is 240 g/mol. The molecule has 1 heterocycles. The maximum atomic E-state index is 6.13. The minimum absolute atomic E-state index is 0.0794.